The van der Waals surface area contributed by atoms with E-state index in [1.807, 2.05) is 6.92 Å². The molecule has 2 N–H and O–H groups in total. The SMILES string of the molecule is CCNc1ccc(C(=O)[C@H](O)C(C)(C)C(=O)CC)cc1. The monoisotopic (exact) mass is 277 g/mol. The lowest BCUT2D eigenvalue weighted by Crippen LogP contribution is -2.42. The molecular formula is C16H23NO3. The number of aliphatic hydroxyl groups is 1. The molecule has 1 atom stereocenters. The molecular weight excluding hydrogens is 254 g/mol. The summed E-state index contributed by atoms with van der Waals surface area (Å²) in [5.41, 5.74) is 0.269. The van der Waals surface area contributed by atoms with Crippen molar-refractivity contribution in [2.75, 3.05) is 11.9 Å². The number of hydrogen-bond acceptors (Lipinski definition) is 4. The predicted octanol–water partition coefficient (Wildman–Crippen LogP) is 2.67. The second kappa shape index (κ2) is 6.66. The van der Waals surface area contributed by atoms with E-state index in [2.05, 4.69) is 5.32 Å². The number of nitrogens with one attached hydrogen (secondary N) is 1. The molecule has 0 bridgehead atoms. The van der Waals surface area contributed by atoms with Crippen LogP contribution in [0.15, 0.2) is 24.3 Å². The van der Waals surface area contributed by atoms with E-state index in [1.165, 1.54) is 0 Å². The topological polar surface area (TPSA) is 66.4 Å². The Balaban J connectivity index is 2.91. The third-order valence-electron chi connectivity index (χ3n) is 3.52. The first kappa shape index (κ1) is 16.4. The number of carbonyl (C=O) groups excluding carboxylic acids is 2. The number of Topliss-reactive ketones (excluding diaryl/α,β-unsaturated/α-hetero) is 2. The van der Waals surface area contributed by atoms with E-state index in [0.29, 0.717) is 12.0 Å². The average Bonchev–Trinajstić information content (AvgIpc) is 2.45. The number of ketones is 2. The lowest BCUT2D eigenvalue weighted by Gasteiger charge is -2.27. The summed E-state index contributed by atoms with van der Waals surface area (Å²) < 4.78 is 0. The van der Waals surface area contributed by atoms with Gasteiger partial charge in [0.25, 0.3) is 0 Å². The van der Waals surface area contributed by atoms with E-state index in [0.717, 1.165) is 12.2 Å². The van der Waals surface area contributed by atoms with Gasteiger partial charge < -0.3 is 10.4 Å². The van der Waals surface area contributed by atoms with Crippen molar-refractivity contribution in [3.8, 4) is 0 Å². The molecule has 4 heteroatoms. The van der Waals surface area contributed by atoms with Crippen molar-refractivity contribution in [3.63, 3.8) is 0 Å². The molecule has 0 heterocycles. The first-order valence-corrected chi connectivity index (χ1v) is 6.94. The van der Waals surface area contributed by atoms with Gasteiger partial charge in [-0.2, -0.15) is 0 Å². The van der Waals surface area contributed by atoms with E-state index in [9.17, 15) is 14.7 Å². The van der Waals surface area contributed by atoms with Crippen molar-refractivity contribution < 1.29 is 14.7 Å². The van der Waals surface area contributed by atoms with E-state index < -0.39 is 17.3 Å². The first-order valence-electron chi connectivity index (χ1n) is 6.94. The second-order valence-corrected chi connectivity index (χ2v) is 5.37. The molecule has 0 amide bonds. The Morgan fingerprint density at radius 3 is 2.20 bits per heavy atom. The van der Waals surface area contributed by atoms with Crippen LogP contribution in [0.3, 0.4) is 0 Å². The number of hydrogen-bond donors (Lipinski definition) is 2. The van der Waals surface area contributed by atoms with E-state index in [-0.39, 0.29) is 5.78 Å². The molecule has 110 valence electrons. The van der Waals surface area contributed by atoms with Gasteiger partial charge >= 0.3 is 0 Å². The molecule has 0 saturated heterocycles. The average molecular weight is 277 g/mol. The van der Waals surface area contributed by atoms with E-state index in [1.54, 1.807) is 45.0 Å². The number of carbonyl (C=O) groups is 2. The summed E-state index contributed by atoms with van der Waals surface area (Å²) in [4.78, 5) is 24.1. The van der Waals surface area contributed by atoms with Crippen LogP contribution < -0.4 is 5.32 Å². The van der Waals surface area contributed by atoms with Gasteiger partial charge in [0.2, 0.25) is 0 Å². The minimum Gasteiger partial charge on any atom is -0.385 e. The van der Waals surface area contributed by atoms with Gasteiger partial charge in [-0.05, 0) is 45.0 Å². The highest BCUT2D eigenvalue weighted by Gasteiger charge is 2.39. The van der Waals surface area contributed by atoms with Gasteiger partial charge in [-0.3, -0.25) is 9.59 Å². The lowest BCUT2D eigenvalue weighted by molar-refractivity contribution is -0.131. The Labute approximate surface area is 120 Å². The third-order valence-corrected chi connectivity index (χ3v) is 3.52. The molecule has 1 aromatic rings. The van der Waals surface area contributed by atoms with E-state index in [4.69, 9.17) is 0 Å². The maximum atomic E-state index is 12.3. The van der Waals surface area contributed by atoms with Crippen molar-refractivity contribution in [1.82, 2.24) is 0 Å². The van der Waals surface area contributed by atoms with Crippen molar-refractivity contribution >= 4 is 17.3 Å². The van der Waals surface area contributed by atoms with E-state index >= 15 is 0 Å². The summed E-state index contributed by atoms with van der Waals surface area (Å²) in [6.45, 7) is 7.73. The zero-order valence-electron chi connectivity index (χ0n) is 12.6. The molecule has 0 aliphatic rings. The molecule has 1 rings (SSSR count). The summed E-state index contributed by atoms with van der Waals surface area (Å²) >= 11 is 0. The van der Waals surface area contributed by atoms with Gasteiger partial charge in [0.05, 0.1) is 5.41 Å². The van der Waals surface area contributed by atoms with Crippen molar-refractivity contribution in [2.45, 2.75) is 40.2 Å². The molecule has 0 unspecified atom stereocenters. The quantitative estimate of drug-likeness (QED) is 0.752. The molecule has 0 aromatic heterocycles. The third kappa shape index (κ3) is 3.45. The van der Waals surface area contributed by atoms with Crippen LogP contribution in [0, 0.1) is 5.41 Å². The number of benzene rings is 1. The maximum Gasteiger partial charge on any atom is 0.192 e. The van der Waals surface area contributed by atoms with Gasteiger partial charge in [0.15, 0.2) is 5.78 Å². The Morgan fingerprint density at radius 1 is 1.20 bits per heavy atom. The van der Waals surface area contributed by atoms with Gasteiger partial charge in [-0.15, -0.1) is 0 Å². The molecule has 0 radical (unpaired) electrons. The van der Waals surface area contributed by atoms with Crippen LogP contribution in [0.1, 0.15) is 44.5 Å². The Hall–Kier alpha value is -1.68. The number of rotatable bonds is 7. The zero-order valence-corrected chi connectivity index (χ0v) is 12.6. The van der Waals surface area contributed by atoms with Gasteiger partial charge in [0.1, 0.15) is 11.9 Å². The molecule has 1 aromatic carbocycles. The van der Waals surface area contributed by atoms with Crippen LogP contribution in [-0.4, -0.2) is 29.3 Å². The fourth-order valence-corrected chi connectivity index (χ4v) is 2.05. The van der Waals surface area contributed by atoms with Crippen LogP contribution >= 0.6 is 0 Å². The molecule has 4 nitrogen and oxygen atoms in total. The Bertz CT molecular complexity index is 477. The molecule has 0 spiro atoms. The predicted molar refractivity (Wildman–Crippen MR) is 80.0 cm³/mol. The largest absolute Gasteiger partial charge is 0.385 e. The zero-order chi connectivity index (χ0) is 15.3. The van der Waals surface area contributed by atoms with Crippen LogP contribution in [0.2, 0.25) is 0 Å². The summed E-state index contributed by atoms with van der Waals surface area (Å²) in [6, 6.07) is 6.91. The second-order valence-electron chi connectivity index (χ2n) is 5.37. The van der Waals surface area contributed by atoms with Crippen LogP contribution in [0.4, 0.5) is 5.69 Å². The minimum atomic E-state index is -1.32. The van der Waals surface area contributed by atoms with Crippen LogP contribution in [-0.2, 0) is 4.79 Å². The Kier molecular flexibility index (Phi) is 5.45. The standard InChI is InChI=1S/C16H23NO3/c1-5-13(18)16(3,4)15(20)14(19)11-7-9-12(10-8-11)17-6-2/h7-10,15,17,20H,5-6H2,1-4H3/t15-/m0/s1. The van der Waals surface area contributed by atoms with Gasteiger partial charge in [0, 0.05) is 24.2 Å². The van der Waals surface area contributed by atoms with Crippen molar-refractivity contribution in [1.29, 1.82) is 0 Å². The molecule has 0 saturated carbocycles. The maximum absolute atomic E-state index is 12.3. The number of aliphatic hydroxyl groups excluding tert-OH is 1. The fourth-order valence-electron chi connectivity index (χ4n) is 2.05. The summed E-state index contributed by atoms with van der Waals surface area (Å²) in [6.07, 6.45) is -1.02. The van der Waals surface area contributed by atoms with Crippen molar-refractivity contribution in [3.05, 3.63) is 29.8 Å². The highest BCUT2D eigenvalue weighted by molar-refractivity contribution is 6.03. The van der Waals surface area contributed by atoms with Crippen LogP contribution in [0.25, 0.3) is 0 Å². The molecule has 0 fully saturated rings. The highest BCUT2D eigenvalue weighted by Crippen LogP contribution is 2.26. The molecule has 20 heavy (non-hydrogen) atoms. The summed E-state index contributed by atoms with van der Waals surface area (Å²) in [7, 11) is 0. The minimum absolute atomic E-state index is 0.123. The summed E-state index contributed by atoms with van der Waals surface area (Å²) in [5.74, 6) is -0.539. The number of anilines is 1. The highest BCUT2D eigenvalue weighted by atomic mass is 16.3. The smallest absolute Gasteiger partial charge is 0.192 e. The Morgan fingerprint density at radius 2 is 1.75 bits per heavy atom. The normalized spacial score (nSPS) is 12.8. The lowest BCUT2D eigenvalue weighted by atomic mass is 9.78. The van der Waals surface area contributed by atoms with Gasteiger partial charge in [-0.1, -0.05) is 6.92 Å². The summed E-state index contributed by atoms with van der Waals surface area (Å²) in [5, 5.41) is 13.3. The molecule has 0 aliphatic carbocycles. The molecule has 0 aliphatic heterocycles. The van der Waals surface area contributed by atoms with Gasteiger partial charge in [-0.25, -0.2) is 0 Å². The van der Waals surface area contributed by atoms with Crippen molar-refractivity contribution in [2.24, 2.45) is 5.41 Å². The first-order chi connectivity index (χ1) is 9.34. The van der Waals surface area contributed by atoms with Crippen LogP contribution in [0.5, 0.6) is 0 Å². The fraction of sp³-hybridized carbons (Fsp3) is 0.500.